The Morgan fingerprint density at radius 2 is 1.69 bits per heavy atom. The van der Waals surface area contributed by atoms with E-state index in [2.05, 4.69) is 0 Å². The van der Waals surface area contributed by atoms with Gasteiger partial charge in [-0.05, 0) is 53.4 Å². The average Bonchev–Trinajstić information content (AvgIpc) is 3.33. The van der Waals surface area contributed by atoms with Gasteiger partial charge in [-0.1, -0.05) is 85.8 Å². The van der Waals surface area contributed by atoms with E-state index in [4.69, 9.17) is 4.74 Å². The monoisotopic (exact) mass is 643 g/mol. The second-order valence-electron chi connectivity index (χ2n) is 12.6. The zero-order chi connectivity index (χ0) is 33.4. The molecule has 2 N–H and O–H groups in total. The Morgan fingerprint density at radius 1 is 0.958 bits per heavy atom. The molecule has 0 radical (unpaired) electrons. The first kappa shape index (κ1) is 31.4. The molecule has 0 saturated heterocycles. The first-order chi connectivity index (χ1) is 23.3. The zero-order valence-corrected chi connectivity index (χ0v) is 26.7. The van der Waals surface area contributed by atoms with Gasteiger partial charge in [0.25, 0.3) is 11.8 Å². The standard InChI is InChI=1S/C39H37N3O6/c1-26(10-8-19-36(44)40-23-29-13-3-2-12-28(29)21-31(40)24-43)39(47)32-15-4-5-16-33(32)41(38(39)46)22-27-11-9-14-30(20-27)42-34-17-6-7-18-35(34)48-25-37(42)45/h2-18,20,26,31,43,47H,19,21-25H2,1H3/b10-8+/t26-,31-,39+/m0/s1. The minimum Gasteiger partial charge on any atom is -0.482 e. The number of fused-ring (bicyclic) bond motifs is 3. The van der Waals surface area contributed by atoms with Crippen molar-refractivity contribution in [3.63, 3.8) is 0 Å². The smallest absolute Gasteiger partial charge is 0.269 e. The molecular formula is C39H37N3O6. The molecule has 0 saturated carbocycles. The van der Waals surface area contributed by atoms with Gasteiger partial charge in [0.1, 0.15) is 5.75 Å². The Kier molecular flexibility index (Phi) is 8.33. The van der Waals surface area contributed by atoms with Gasteiger partial charge in [-0.25, -0.2) is 0 Å². The number of nitrogens with zero attached hydrogens (tertiary/aromatic N) is 3. The first-order valence-electron chi connectivity index (χ1n) is 16.2. The normalized spacial score (nSPS) is 20.7. The van der Waals surface area contributed by atoms with E-state index < -0.39 is 17.4 Å². The Hall–Kier alpha value is -5.25. The van der Waals surface area contributed by atoms with Crippen LogP contribution in [-0.2, 0) is 39.5 Å². The molecule has 3 aliphatic rings. The van der Waals surface area contributed by atoms with Crippen LogP contribution in [0.3, 0.4) is 0 Å². The van der Waals surface area contributed by atoms with Crippen LogP contribution in [0.5, 0.6) is 5.75 Å². The summed E-state index contributed by atoms with van der Waals surface area (Å²) in [6.07, 6.45) is 4.11. The molecule has 48 heavy (non-hydrogen) atoms. The molecule has 7 rings (SSSR count). The van der Waals surface area contributed by atoms with Gasteiger partial charge < -0.3 is 24.7 Å². The Bertz CT molecular complexity index is 1920. The maximum Gasteiger partial charge on any atom is 0.269 e. The predicted octanol–water partition coefficient (Wildman–Crippen LogP) is 5.01. The molecule has 4 aromatic carbocycles. The summed E-state index contributed by atoms with van der Waals surface area (Å²) in [5.41, 5.74) is 3.57. The van der Waals surface area contributed by atoms with Gasteiger partial charge in [0.05, 0.1) is 30.6 Å². The summed E-state index contributed by atoms with van der Waals surface area (Å²) < 4.78 is 5.61. The maximum absolute atomic E-state index is 14.1. The third-order valence-electron chi connectivity index (χ3n) is 9.66. The lowest BCUT2D eigenvalue weighted by atomic mass is 9.83. The number of para-hydroxylation sites is 3. The maximum atomic E-state index is 14.1. The van der Waals surface area contributed by atoms with Crippen molar-refractivity contribution in [1.82, 2.24) is 4.90 Å². The molecule has 3 aliphatic heterocycles. The second kappa shape index (κ2) is 12.7. The number of rotatable bonds is 8. The summed E-state index contributed by atoms with van der Waals surface area (Å²) in [4.78, 5) is 45.3. The van der Waals surface area contributed by atoms with Crippen molar-refractivity contribution in [3.8, 4) is 5.75 Å². The number of aliphatic hydroxyl groups is 2. The number of benzene rings is 4. The second-order valence-corrected chi connectivity index (χ2v) is 12.6. The van der Waals surface area contributed by atoms with Crippen molar-refractivity contribution in [2.24, 2.45) is 5.92 Å². The van der Waals surface area contributed by atoms with Crippen LogP contribution >= 0.6 is 0 Å². The van der Waals surface area contributed by atoms with Crippen molar-refractivity contribution >= 4 is 34.8 Å². The number of amides is 3. The lowest BCUT2D eigenvalue weighted by Gasteiger charge is -2.36. The van der Waals surface area contributed by atoms with Crippen LogP contribution in [0.1, 0.15) is 35.6 Å². The molecule has 9 nitrogen and oxygen atoms in total. The minimum absolute atomic E-state index is 0.0722. The number of hydrogen-bond donors (Lipinski definition) is 2. The molecule has 3 heterocycles. The number of aliphatic hydroxyl groups excluding tert-OH is 1. The van der Waals surface area contributed by atoms with Crippen LogP contribution in [0, 0.1) is 5.92 Å². The fourth-order valence-corrected chi connectivity index (χ4v) is 7.09. The van der Waals surface area contributed by atoms with Crippen LogP contribution in [0.15, 0.2) is 109 Å². The van der Waals surface area contributed by atoms with E-state index in [-0.39, 0.29) is 44.0 Å². The quantitative estimate of drug-likeness (QED) is 0.262. The van der Waals surface area contributed by atoms with Gasteiger partial charge in [0.2, 0.25) is 5.91 Å². The van der Waals surface area contributed by atoms with Gasteiger partial charge >= 0.3 is 0 Å². The van der Waals surface area contributed by atoms with Gasteiger partial charge in [0, 0.05) is 30.1 Å². The third kappa shape index (κ3) is 5.44. The van der Waals surface area contributed by atoms with E-state index in [1.54, 1.807) is 45.9 Å². The van der Waals surface area contributed by atoms with Crippen molar-refractivity contribution < 1.29 is 29.3 Å². The molecule has 244 valence electrons. The molecule has 0 aromatic heterocycles. The summed E-state index contributed by atoms with van der Waals surface area (Å²) in [6.45, 7) is 2.19. The molecule has 3 amide bonds. The highest BCUT2D eigenvalue weighted by molar-refractivity contribution is 6.07. The summed E-state index contributed by atoms with van der Waals surface area (Å²) in [5.74, 6) is -0.805. The molecular weight excluding hydrogens is 606 g/mol. The molecule has 0 spiro atoms. The molecule has 9 heteroatoms. The van der Waals surface area contributed by atoms with Crippen LogP contribution in [0.2, 0.25) is 0 Å². The van der Waals surface area contributed by atoms with E-state index >= 15 is 0 Å². The number of carbonyl (C=O) groups is 3. The lowest BCUT2D eigenvalue weighted by Crippen LogP contribution is -2.46. The highest BCUT2D eigenvalue weighted by Crippen LogP contribution is 2.46. The van der Waals surface area contributed by atoms with Crippen molar-refractivity contribution in [2.45, 2.75) is 44.5 Å². The summed E-state index contributed by atoms with van der Waals surface area (Å²) in [6, 6.07) is 29.7. The fraction of sp³-hybridized carbons (Fsp3) is 0.256. The molecule has 4 aromatic rings. The van der Waals surface area contributed by atoms with E-state index in [1.807, 2.05) is 84.9 Å². The van der Waals surface area contributed by atoms with Crippen LogP contribution in [0.25, 0.3) is 0 Å². The zero-order valence-electron chi connectivity index (χ0n) is 26.7. The van der Waals surface area contributed by atoms with Crippen molar-refractivity contribution in [1.29, 1.82) is 0 Å². The largest absolute Gasteiger partial charge is 0.482 e. The van der Waals surface area contributed by atoms with Crippen LogP contribution in [-0.4, -0.2) is 52.1 Å². The molecule has 0 fully saturated rings. The predicted molar refractivity (Wildman–Crippen MR) is 182 cm³/mol. The number of anilines is 3. The van der Waals surface area contributed by atoms with Crippen LogP contribution < -0.4 is 14.5 Å². The number of carbonyl (C=O) groups excluding carboxylic acids is 3. The lowest BCUT2D eigenvalue weighted by molar-refractivity contribution is -0.139. The summed E-state index contributed by atoms with van der Waals surface area (Å²) >= 11 is 0. The molecule has 3 atom stereocenters. The third-order valence-corrected chi connectivity index (χ3v) is 9.66. The summed E-state index contributed by atoms with van der Waals surface area (Å²) in [7, 11) is 0. The van der Waals surface area contributed by atoms with Gasteiger partial charge in [-0.3, -0.25) is 19.3 Å². The van der Waals surface area contributed by atoms with Crippen molar-refractivity contribution in [3.05, 3.63) is 131 Å². The summed E-state index contributed by atoms with van der Waals surface area (Å²) in [5, 5.41) is 22.1. The Balaban J connectivity index is 1.09. The van der Waals surface area contributed by atoms with Crippen molar-refractivity contribution in [2.75, 3.05) is 23.0 Å². The molecule has 0 bridgehead atoms. The molecule has 0 aliphatic carbocycles. The average molecular weight is 644 g/mol. The minimum atomic E-state index is -1.84. The first-order valence-corrected chi connectivity index (χ1v) is 16.2. The van der Waals surface area contributed by atoms with Gasteiger partial charge in [-0.2, -0.15) is 0 Å². The van der Waals surface area contributed by atoms with E-state index in [1.165, 1.54) is 0 Å². The molecule has 0 unspecified atom stereocenters. The van der Waals surface area contributed by atoms with E-state index in [9.17, 15) is 24.6 Å². The van der Waals surface area contributed by atoms with Crippen LogP contribution in [0.4, 0.5) is 17.1 Å². The van der Waals surface area contributed by atoms with Gasteiger partial charge in [-0.15, -0.1) is 0 Å². The number of hydrogen-bond acceptors (Lipinski definition) is 6. The SMILES string of the molecule is C[C@@H](/C=C/CC(=O)N1Cc2ccccc2C[C@H]1CO)[C@]1(O)C(=O)N(Cc2cccc(N3C(=O)COc4ccccc43)c2)c2ccccc21. The Labute approximate surface area is 279 Å². The van der Waals surface area contributed by atoms with E-state index in [0.29, 0.717) is 41.3 Å². The Morgan fingerprint density at radius 3 is 2.50 bits per heavy atom. The topological polar surface area (TPSA) is 111 Å². The van der Waals surface area contributed by atoms with E-state index in [0.717, 1.165) is 16.7 Å². The number of ether oxygens (including phenoxy) is 1. The van der Waals surface area contributed by atoms with Gasteiger partial charge in [0.15, 0.2) is 12.2 Å². The fourth-order valence-electron chi connectivity index (χ4n) is 7.09. The highest BCUT2D eigenvalue weighted by atomic mass is 16.5. The highest BCUT2D eigenvalue weighted by Gasteiger charge is 2.52.